The fourth-order valence-electron chi connectivity index (χ4n) is 2.52. The Morgan fingerprint density at radius 3 is 3.06 bits per heavy atom. The molecule has 0 saturated carbocycles. The van der Waals surface area contributed by atoms with Gasteiger partial charge >= 0.3 is 0 Å². The number of phenols is 1. The normalized spacial score (nSPS) is 20.9. The molecule has 1 heterocycles. The van der Waals surface area contributed by atoms with Gasteiger partial charge in [-0.2, -0.15) is 0 Å². The maximum absolute atomic E-state index is 9.88. The van der Waals surface area contributed by atoms with E-state index in [9.17, 15) is 5.11 Å². The number of phenolic OH excluding ortho intramolecular Hbond substituents is 1. The lowest BCUT2D eigenvalue weighted by Gasteiger charge is -2.27. The maximum atomic E-state index is 9.88. The van der Waals surface area contributed by atoms with E-state index in [1.165, 1.54) is 19.3 Å². The highest BCUT2D eigenvalue weighted by molar-refractivity contribution is 9.10. The number of rotatable bonds is 3. The zero-order valence-corrected chi connectivity index (χ0v) is 12.4. The van der Waals surface area contributed by atoms with Crippen molar-refractivity contribution < 1.29 is 5.11 Å². The molecular formula is C14H21BrN2O. The SMILES string of the molecule is CN(Cc1cc(Br)ccc1O)C1CCCNCC1. The fraction of sp³-hybridized carbons (Fsp3) is 0.571. The van der Waals surface area contributed by atoms with Gasteiger partial charge in [-0.15, -0.1) is 0 Å². The van der Waals surface area contributed by atoms with Gasteiger partial charge in [-0.3, -0.25) is 4.90 Å². The van der Waals surface area contributed by atoms with E-state index in [1.54, 1.807) is 6.07 Å². The zero-order valence-electron chi connectivity index (χ0n) is 10.8. The molecule has 2 N–H and O–H groups in total. The number of hydrogen-bond donors (Lipinski definition) is 2. The van der Waals surface area contributed by atoms with Crippen molar-refractivity contribution in [3.63, 3.8) is 0 Å². The van der Waals surface area contributed by atoms with E-state index in [0.29, 0.717) is 11.8 Å². The van der Waals surface area contributed by atoms with Crippen molar-refractivity contribution in [2.24, 2.45) is 0 Å². The second-order valence-corrected chi connectivity index (χ2v) is 5.94. The number of halogens is 1. The Kier molecular flexibility index (Phi) is 5.03. The van der Waals surface area contributed by atoms with Gasteiger partial charge < -0.3 is 10.4 Å². The molecule has 0 aliphatic carbocycles. The van der Waals surface area contributed by atoms with E-state index >= 15 is 0 Å². The first-order valence-electron chi connectivity index (χ1n) is 6.55. The average Bonchev–Trinajstić information content (AvgIpc) is 2.62. The van der Waals surface area contributed by atoms with Gasteiger partial charge in [-0.25, -0.2) is 0 Å². The van der Waals surface area contributed by atoms with Crippen LogP contribution in [0.2, 0.25) is 0 Å². The second-order valence-electron chi connectivity index (χ2n) is 5.02. The van der Waals surface area contributed by atoms with Crippen LogP contribution in [0.15, 0.2) is 22.7 Å². The molecule has 0 aromatic heterocycles. The van der Waals surface area contributed by atoms with Crippen molar-refractivity contribution in [2.75, 3.05) is 20.1 Å². The van der Waals surface area contributed by atoms with E-state index in [0.717, 1.165) is 29.7 Å². The molecule has 1 aliphatic heterocycles. The van der Waals surface area contributed by atoms with Crippen LogP contribution in [0.1, 0.15) is 24.8 Å². The van der Waals surface area contributed by atoms with E-state index in [4.69, 9.17) is 0 Å². The molecule has 1 aromatic carbocycles. The Labute approximate surface area is 117 Å². The van der Waals surface area contributed by atoms with Crippen LogP contribution in [0.5, 0.6) is 5.75 Å². The Bertz CT molecular complexity index is 389. The molecule has 100 valence electrons. The maximum Gasteiger partial charge on any atom is 0.120 e. The first-order chi connectivity index (χ1) is 8.66. The van der Waals surface area contributed by atoms with Gasteiger partial charge in [0.05, 0.1) is 0 Å². The summed E-state index contributed by atoms with van der Waals surface area (Å²) in [5.74, 6) is 0.386. The minimum atomic E-state index is 0.386. The topological polar surface area (TPSA) is 35.5 Å². The third-order valence-corrected chi connectivity index (χ3v) is 4.12. The van der Waals surface area contributed by atoms with Crippen LogP contribution in [-0.4, -0.2) is 36.2 Å². The van der Waals surface area contributed by atoms with Crippen LogP contribution < -0.4 is 5.32 Å². The summed E-state index contributed by atoms with van der Waals surface area (Å²) in [5, 5.41) is 13.3. The summed E-state index contributed by atoms with van der Waals surface area (Å²) in [6, 6.07) is 6.23. The minimum absolute atomic E-state index is 0.386. The highest BCUT2D eigenvalue weighted by Crippen LogP contribution is 2.24. The first kappa shape index (κ1) is 13.8. The summed E-state index contributed by atoms with van der Waals surface area (Å²) in [6.07, 6.45) is 3.66. The lowest BCUT2D eigenvalue weighted by molar-refractivity contribution is 0.214. The summed E-state index contributed by atoms with van der Waals surface area (Å²) in [7, 11) is 2.15. The lowest BCUT2D eigenvalue weighted by Crippen LogP contribution is -2.32. The molecule has 1 aliphatic rings. The Hall–Kier alpha value is -0.580. The smallest absolute Gasteiger partial charge is 0.120 e. The monoisotopic (exact) mass is 312 g/mol. The summed E-state index contributed by atoms with van der Waals surface area (Å²) >= 11 is 3.46. The van der Waals surface area contributed by atoms with Crippen molar-refractivity contribution >= 4 is 15.9 Å². The molecule has 1 aromatic rings. The average molecular weight is 313 g/mol. The number of benzene rings is 1. The molecule has 1 fully saturated rings. The molecule has 1 unspecified atom stereocenters. The van der Waals surface area contributed by atoms with Crippen LogP contribution in [0.4, 0.5) is 0 Å². The molecule has 18 heavy (non-hydrogen) atoms. The Morgan fingerprint density at radius 1 is 1.39 bits per heavy atom. The van der Waals surface area contributed by atoms with Crippen LogP contribution >= 0.6 is 15.9 Å². The van der Waals surface area contributed by atoms with Gasteiger partial charge in [0.1, 0.15) is 5.75 Å². The summed E-state index contributed by atoms with van der Waals surface area (Å²) in [6.45, 7) is 3.03. The number of hydrogen-bond acceptors (Lipinski definition) is 3. The fourth-order valence-corrected chi connectivity index (χ4v) is 2.93. The molecule has 3 nitrogen and oxygen atoms in total. The van der Waals surface area contributed by atoms with Gasteiger partial charge in [-0.1, -0.05) is 15.9 Å². The second kappa shape index (κ2) is 6.55. The summed E-state index contributed by atoms with van der Waals surface area (Å²) < 4.78 is 1.02. The van der Waals surface area contributed by atoms with Gasteiger partial charge in [0.2, 0.25) is 0 Å². The predicted molar refractivity (Wildman–Crippen MR) is 77.8 cm³/mol. The summed E-state index contributed by atoms with van der Waals surface area (Å²) in [4.78, 5) is 2.36. The Morgan fingerprint density at radius 2 is 2.22 bits per heavy atom. The number of aromatic hydroxyl groups is 1. The summed E-state index contributed by atoms with van der Waals surface area (Å²) in [5.41, 5.74) is 0.990. The number of nitrogens with one attached hydrogen (secondary N) is 1. The largest absolute Gasteiger partial charge is 0.508 e. The van der Waals surface area contributed by atoms with Crippen LogP contribution in [-0.2, 0) is 6.54 Å². The molecule has 4 heteroatoms. The van der Waals surface area contributed by atoms with Crippen molar-refractivity contribution in [3.8, 4) is 5.75 Å². The van der Waals surface area contributed by atoms with Gasteiger partial charge in [-0.05, 0) is 57.6 Å². The van der Waals surface area contributed by atoms with Crippen molar-refractivity contribution in [1.29, 1.82) is 0 Å². The molecule has 0 radical (unpaired) electrons. The van der Waals surface area contributed by atoms with E-state index in [-0.39, 0.29) is 0 Å². The Balaban J connectivity index is 2.00. The van der Waals surface area contributed by atoms with E-state index in [2.05, 4.69) is 33.2 Å². The standard InChI is InChI=1S/C14H21BrN2O/c1-17(13-3-2-7-16-8-6-13)10-11-9-12(15)4-5-14(11)18/h4-5,9,13,16,18H,2-3,6-8,10H2,1H3. The van der Waals surface area contributed by atoms with Crippen molar-refractivity contribution in [2.45, 2.75) is 31.8 Å². The van der Waals surface area contributed by atoms with Gasteiger partial charge in [0, 0.05) is 22.6 Å². The molecule has 0 bridgehead atoms. The third kappa shape index (κ3) is 3.70. The van der Waals surface area contributed by atoms with Crippen LogP contribution in [0, 0.1) is 0 Å². The molecular weight excluding hydrogens is 292 g/mol. The highest BCUT2D eigenvalue weighted by Gasteiger charge is 2.17. The number of nitrogens with zero attached hydrogens (tertiary/aromatic N) is 1. The van der Waals surface area contributed by atoms with E-state index < -0.39 is 0 Å². The highest BCUT2D eigenvalue weighted by atomic mass is 79.9. The van der Waals surface area contributed by atoms with E-state index in [1.807, 2.05) is 12.1 Å². The van der Waals surface area contributed by atoms with Crippen LogP contribution in [0.3, 0.4) is 0 Å². The van der Waals surface area contributed by atoms with Crippen molar-refractivity contribution in [1.82, 2.24) is 10.2 Å². The molecule has 0 spiro atoms. The van der Waals surface area contributed by atoms with Crippen molar-refractivity contribution in [3.05, 3.63) is 28.2 Å². The van der Waals surface area contributed by atoms with Crippen LogP contribution in [0.25, 0.3) is 0 Å². The quantitative estimate of drug-likeness (QED) is 0.901. The zero-order chi connectivity index (χ0) is 13.0. The molecule has 1 saturated heterocycles. The van der Waals surface area contributed by atoms with Gasteiger partial charge in [0.25, 0.3) is 0 Å². The minimum Gasteiger partial charge on any atom is -0.508 e. The van der Waals surface area contributed by atoms with Gasteiger partial charge in [0.15, 0.2) is 0 Å². The molecule has 0 amide bonds. The predicted octanol–water partition coefficient (Wildman–Crippen LogP) is 2.73. The first-order valence-corrected chi connectivity index (χ1v) is 7.34. The third-order valence-electron chi connectivity index (χ3n) is 3.63. The molecule has 2 rings (SSSR count). The lowest BCUT2D eigenvalue weighted by atomic mass is 10.1. The molecule has 1 atom stereocenters.